The molecule has 1 aliphatic rings. The number of nitrogen functional groups attached to an aromatic ring is 1. The highest BCUT2D eigenvalue weighted by molar-refractivity contribution is 6.13. The summed E-state index contributed by atoms with van der Waals surface area (Å²) in [6.45, 7) is -0.174. The molecule has 4 N–H and O–H groups in total. The Kier molecular flexibility index (Phi) is 2.78. The van der Waals surface area contributed by atoms with E-state index in [0.717, 1.165) is 0 Å². The van der Waals surface area contributed by atoms with Crippen molar-refractivity contribution in [2.75, 3.05) is 12.3 Å². The van der Waals surface area contributed by atoms with Gasteiger partial charge in [0.2, 0.25) is 0 Å². The van der Waals surface area contributed by atoms with E-state index in [9.17, 15) is 5.11 Å². The maximum atomic E-state index is 10.1. The van der Waals surface area contributed by atoms with Crippen LogP contribution in [0, 0.1) is 0 Å². The number of fused-ring (bicyclic) bond motifs is 1. The molecule has 1 aliphatic heterocycles. The Morgan fingerprint density at radius 1 is 1.53 bits per heavy atom. The maximum Gasteiger partial charge on any atom is 0.167 e. The number of aliphatic hydroxyl groups excluding tert-OH is 2. The molecule has 0 amide bonds. The number of imidazole rings is 1. The van der Waals surface area contributed by atoms with Gasteiger partial charge >= 0.3 is 0 Å². The summed E-state index contributed by atoms with van der Waals surface area (Å²) in [5, 5.41) is 18.1. The summed E-state index contributed by atoms with van der Waals surface area (Å²) >= 11 is 0. The molecule has 0 spiro atoms. The van der Waals surface area contributed by atoms with Crippen molar-refractivity contribution in [3.05, 3.63) is 12.7 Å². The average Bonchev–Trinajstić information content (AvgIpc) is 2.94. The number of aromatic nitrogens is 4. The molecule has 2 aromatic rings. The molecule has 1 fully saturated rings. The molecule has 3 rings (SSSR count). The molecule has 0 saturated carbocycles. The summed E-state index contributed by atoms with van der Waals surface area (Å²) < 4.78 is 7.18. The van der Waals surface area contributed by atoms with E-state index in [0.29, 0.717) is 17.6 Å². The topological polar surface area (TPSA) is 119 Å². The van der Waals surface area contributed by atoms with Crippen LogP contribution in [0.1, 0.15) is 6.42 Å². The molecule has 8 nitrogen and oxygen atoms in total. The van der Waals surface area contributed by atoms with Crippen LogP contribution < -0.4 is 5.73 Å². The number of nitrogens with zero attached hydrogens (tertiary/aromatic N) is 4. The normalized spacial score (nSPS) is 31.1. The Morgan fingerprint density at radius 3 is 3.00 bits per heavy atom. The number of aliphatic hydroxyl groups is 2. The molecule has 19 heavy (non-hydrogen) atoms. The molecule has 3 atom stereocenters. The lowest BCUT2D eigenvalue weighted by Crippen LogP contribution is -2.43. The van der Waals surface area contributed by atoms with E-state index in [1.54, 1.807) is 0 Å². The third-order valence-electron chi connectivity index (χ3n) is 3.21. The van der Waals surface area contributed by atoms with Crippen molar-refractivity contribution >= 4 is 27.2 Å². The van der Waals surface area contributed by atoms with Crippen LogP contribution in [0.15, 0.2) is 12.7 Å². The predicted molar refractivity (Wildman–Crippen MR) is 66.0 cm³/mol. The number of nitrogens with two attached hydrogens (primary N) is 1. The van der Waals surface area contributed by atoms with Gasteiger partial charge in [0.1, 0.15) is 28.2 Å². The van der Waals surface area contributed by atoms with Gasteiger partial charge in [-0.1, -0.05) is 0 Å². The van der Waals surface area contributed by atoms with Crippen molar-refractivity contribution in [3.8, 4) is 0 Å². The van der Waals surface area contributed by atoms with Crippen molar-refractivity contribution in [1.82, 2.24) is 19.5 Å². The lowest BCUT2D eigenvalue weighted by molar-refractivity contribution is -0.0839. The molecular formula is C10H12N5O3Si. The van der Waals surface area contributed by atoms with E-state index in [4.69, 9.17) is 15.6 Å². The molecule has 99 valence electrons. The minimum atomic E-state index is -1.22. The fourth-order valence-corrected chi connectivity index (χ4v) is 2.66. The predicted octanol–water partition coefficient (Wildman–Crippen LogP) is -1.67. The minimum Gasteiger partial charge on any atom is -0.394 e. The molecule has 2 aromatic heterocycles. The van der Waals surface area contributed by atoms with Crippen molar-refractivity contribution in [1.29, 1.82) is 0 Å². The Morgan fingerprint density at radius 2 is 2.32 bits per heavy atom. The van der Waals surface area contributed by atoms with Gasteiger partial charge in [-0.05, 0) is 0 Å². The van der Waals surface area contributed by atoms with Crippen LogP contribution in [0.2, 0.25) is 0 Å². The van der Waals surface area contributed by atoms with Crippen molar-refractivity contribution in [3.63, 3.8) is 0 Å². The Hall–Kier alpha value is -1.55. The van der Waals surface area contributed by atoms with Gasteiger partial charge in [-0.2, -0.15) is 0 Å². The van der Waals surface area contributed by atoms with Crippen LogP contribution in [0.5, 0.6) is 0 Å². The molecule has 0 aliphatic carbocycles. The summed E-state index contributed by atoms with van der Waals surface area (Å²) in [5.74, 6) is 0.255. The highest BCUT2D eigenvalue weighted by Gasteiger charge is 2.46. The summed E-state index contributed by atoms with van der Waals surface area (Å²) in [4.78, 5) is 12.1. The van der Waals surface area contributed by atoms with Gasteiger partial charge < -0.3 is 20.7 Å². The van der Waals surface area contributed by atoms with E-state index < -0.39 is 17.6 Å². The zero-order valence-corrected chi connectivity index (χ0v) is 10.9. The summed E-state index contributed by atoms with van der Waals surface area (Å²) in [6, 6.07) is 0. The zero-order chi connectivity index (χ0) is 13.6. The molecule has 1 saturated heterocycles. The second-order valence-electron chi connectivity index (χ2n) is 4.42. The van der Waals surface area contributed by atoms with Crippen LogP contribution in [0.25, 0.3) is 11.2 Å². The monoisotopic (exact) mass is 278 g/mol. The summed E-state index contributed by atoms with van der Waals surface area (Å²) in [6.07, 6.45) is 1.78. The lowest BCUT2D eigenvalue weighted by Gasteiger charge is -2.29. The quantitative estimate of drug-likeness (QED) is 0.562. The Bertz CT molecular complexity index is 620. The van der Waals surface area contributed by atoms with Crippen molar-refractivity contribution < 1.29 is 14.9 Å². The van der Waals surface area contributed by atoms with Crippen LogP contribution in [-0.2, 0) is 10.1 Å². The second-order valence-corrected chi connectivity index (χ2v) is 5.13. The number of ether oxygens (including phenoxy) is 1. The van der Waals surface area contributed by atoms with Crippen LogP contribution in [0.4, 0.5) is 5.82 Å². The van der Waals surface area contributed by atoms with Crippen molar-refractivity contribution in [2.24, 2.45) is 0 Å². The Balaban J connectivity index is 2.12. The molecule has 0 unspecified atom stereocenters. The highest BCUT2D eigenvalue weighted by atomic mass is 28.1. The highest BCUT2D eigenvalue weighted by Crippen LogP contribution is 2.34. The van der Waals surface area contributed by atoms with Crippen LogP contribution in [-0.4, -0.2) is 58.8 Å². The largest absolute Gasteiger partial charge is 0.394 e. The number of hydrogen-bond donors (Lipinski definition) is 3. The molecule has 9 heteroatoms. The first-order valence-corrected chi connectivity index (χ1v) is 6.22. The lowest BCUT2D eigenvalue weighted by atomic mass is 10.2. The first-order valence-electron chi connectivity index (χ1n) is 5.72. The SMILES string of the molecule is Nc1ncnc2c1ncn2[C@@]1([Si])O[C@H](CO)C[C@H]1O. The van der Waals surface area contributed by atoms with Gasteiger partial charge in [-0.15, -0.1) is 0 Å². The summed E-state index contributed by atoms with van der Waals surface area (Å²) in [5.41, 5.74) is 6.59. The van der Waals surface area contributed by atoms with E-state index in [1.807, 2.05) is 0 Å². The second kappa shape index (κ2) is 4.23. The third kappa shape index (κ3) is 1.74. The average molecular weight is 278 g/mol. The van der Waals surface area contributed by atoms with E-state index in [1.165, 1.54) is 17.2 Å². The van der Waals surface area contributed by atoms with E-state index in [-0.39, 0.29) is 12.4 Å². The standard InChI is InChI=1S/C10H12N5O3Si/c11-8-7-9(13-3-12-8)15(4-14-7)10(19)6(17)1-5(2-16)18-10/h3-6,16-17H,1-2H2,(H2,11,12,13)/t5-,6+,10+/m0/s1. The van der Waals surface area contributed by atoms with Gasteiger partial charge in [0.25, 0.3) is 0 Å². The molecule has 3 radical (unpaired) electrons. The molecule has 0 bridgehead atoms. The number of hydrogen-bond acceptors (Lipinski definition) is 7. The molecule has 3 heterocycles. The third-order valence-corrected chi connectivity index (χ3v) is 3.90. The van der Waals surface area contributed by atoms with E-state index >= 15 is 0 Å². The van der Waals surface area contributed by atoms with Crippen molar-refractivity contribution in [2.45, 2.75) is 24.0 Å². The Labute approximate surface area is 111 Å². The fourth-order valence-electron chi connectivity index (χ4n) is 2.21. The fraction of sp³-hybridized carbons (Fsp3) is 0.500. The first-order chi connectivity index (χ1) is 9.06. The smallest absolute Gasteiger partial charge is 0.167 e. The van der Waals surface area contributed by atoms with Gasteiger partial charge in [-0.3, -0.25) is 4.57 Å². The zero-order valence-electron chi connectivity index (χ0n) is 9.89. The maximum absolute atomic E-state index is 10.1. The summed E-state index contributed by atoms with van der Waals surface area (Å²) in [7, 11) is 3.42. The van der Waals surface area contributed by atoms with Crippen LogP contribution in [0.3, 0.4) is 0 Å². The van der Waals surface area contributed by atoms with E-state index in [2.05, 4.69) is 25.2 Å². The van der Waals surface area contributed by atoms with Gasteiger partial charge in [0.05, 0.1) is 19.0 Å². The van der Waals surface area contributed by atoms with Gasteiger partial charge in [0.15, 0.2) is 16.8 Å². The molecule has 0 aromatic carbocycles. The van der Waals surface area contributed by atoms with Crippen LogP contribution >= 0.6 is 0 Å². The van der Waals surface area contributed by atoms with Gasteiger partial charge in [-0.25, -0.2) is 15.0 Å². The molecular weight excluding hydrogens is 266 g/mol. The number of anilines is 1. The minimum absolute atomic E-state index is 0.174. The van der Waals surface area contributed by atoms with Gasteiger partial charge in [0, 0.05) is 6.42 Å². The first kappa shape index (κ1) is 12.5. The number of rotatable bonds is 2.